The lowest BCUT2D eigenvalue weighted by Gasteiger charge is -2.35. The molecule has 0 spiro atoms. The van der Waals surface area contributed by atoms with E-state index in [4.69, 9.17) is 9.47 Å². The molecule has 112 valence electrons. The second kappa shape index (κ2) is 8.04. The summed E-state index contributed by atoms with van der Waals surface area (Å²) >= 11 is 0. The third kappa shape index (κ3) is 4.31. The highest BCUT2D eigenvalue weighted by atomic mass is 35.5. The molecule has 0 aromatic rings. The molecule has 1 amide bonds. The SMILES string of the molecule is COCC1(C(=O)NCC2CCCO2)CCNCC1.Cl. The number of piperidine rings is 1. The van der Waals surface area contributed by atoms with Crippen molar-refractivity contribution in [1.29, 1.82) is 0 Å². The van der Waals surface area contributed by atoms with Crippen LogP contribution in [0.2, 0.25) is 0 Å². The van der Waals surface area contributed by atoms with Crippen molar-refractivity contribution in [2.24, 2.45) is 5.41 Å². The van der Waals surface area contributed by atoms with Crippen molar-refractivity contribution in [2.45, 2.75) is 31.8 Å². The summed E-state index contributed by atoms with van der Waals surface area (Å²) in [5.74, 6) is 0.126. The van der Waals surface area contributed by atoms with Crippen LogP contribution in [0, 0.1) is 5.41 Å². The maximum absolute atomic E-state index is 12.4. The van der Waals surface area contributed by atoms with Crippen molar-refractivity contribution in [1.82, 2.24) is 10.6 Å². The molecule has 19 heavy (non-hydrogen) atoms. The summed E-state index contributed by atoms with van der Waals surface area (Å²) in [5.41, 5.74) is -0.349. The number of amides is 1. The standard InChI is InChI=1S/C13H24N2O3.ClH/c1-17-10-13(4-6-14-7-5-13)12(16)15-9-11-3-2-8-18-11;/h11,14H,2-10H2,1H3,(H,15,16);1H. The number of methoxy groups -OCH3 is 1. The van der Waals surface area contributed by atoms with Gasteiger partial charge in [-0.05, 0) is 38.8 Å². The lowest BCUT2D eigenvalue weighted by atomic mass is 9.78. The van der Waals surface area contributed by atoms with E-state index in [0.717, 1.165) is 45.4 Å². The normalized spacial score (nSPS) is 25.6. The quantitative estimate of drug-likeness (QED) is 0.784. The van der Waals surface area contributed by atoms with Gasteiger partial charge in [0.25, 0.3) is 0 Å². The third-order valence-electron chi connectivity index (χ3n) is 3.98. The van der Waals surface area contributed by atoms with Crippen LogP contribution in [0.5, 0.6) is 0 Å². The van der Waals surface area contributed by atoms with Crippen molar-refractivity contribution in [2.75, 3.05) is 40.0 Å². The van der Waals surface area contributed by atoms with Crippen molar-refractivity contribution < 1.29 is 14.3 Å². The highest BCUT2D eigenvalue weighted by Gasteiger charge is 2.39. The highest BCUT2D eigenvalue weighted by Crippen LogP contribution is 2.29. The first-order chi connectivity index (χ1) is 8.77. The predicted octanol–water partition coefficient (Wildman–Crippen LogP) is 0.720. The largest absolute Gasteiger partial charge is 0.384 e. The van der Waals surface area contributed by atoms with Crippen LogP contribution < -0.4 is 10.6 Å². The number of hydrogen-bond donors (Lipinski definition) is 2. The highest BCUT2D eigenvalue weighted by molar-refractivity contribution is 5.85. The van der Waals surface area contributed by atoms with Gasteiger partial charge in [0.1, 0.15) is 0 Å². The first-order valence-electron chi connectivity index (χ1n) is 6.86. The van der Waals surface area contributed by atoms with E-state index in [1.807, 2.05) is 0 Å². The molecule has 2 heterocycles. The summed E-state index contributed by atoms with van der Waals surface area (Å²) in [7, 11) is 1.66. The minimum absolute atomic E-state index is 0. The molecule has 0 aromatic heterocycles. The molecule has 5 nitrogen and oxygen atoms in total. The third-order valence-corrected chi connectivity index (χ3v) is 3.98. The zero-order valence-corrected chi connectivity index (χ0v) is 12.4. The maximum Gasteiger partial charge on any atom is 0.228 e. The Balaban J connectivity index is 0.00000180. The van der Waals surface area contributed by atoms with E-state index < -0.39 is 0 Å². The van der Waals surface area contributed by atoms with Crippen LogP contribution in [-0.2, 0) is 14.3 Å². The number of ether oxygens (including phenoxy) is 2. The zero-order chi connectivity index (χ0) is 12.8. The number of nitrogens with one attached hydrogen (secondary N) is 2. The molecule has 0 aliphatic carbocycles. The van der Waals surface area contributed by atoms with Crippen molar-refractivity contribution >= 4 is 18.3 Å². The van der Waals surface area contributed by atoms with Gasteiger partial charge in [0.05, 0.1) is 18.1 Å². The van der Waals surface area contributed by atoms with Crippen LogP contribution in [0.3, 0.4) is 0 Å². The topological polar surface area (TPSA) is 59.6 Å². The average Bonchev–Trinajstić information content (AvgIpc) is 2.90. The zero-order valence-electron chi connectivity index (χ0n) is 11.6. The van der Waals surface area contributed by atoms with Crippen molar-refractivity contribution in [3.63, 3.8) is 0 Å². The second-order valence-electron chi connectivity index (χ2n) is 5.31. The maximum atomic E-state index is 12.4. The van der Waals surface area contributed by atoms with E-state index in [1.54, 1.807) is 7.11 Å². The molecule has 2 rings (SSSR count). The van der Waals surface area contributed by atoms with Gasteiger partial charge in [0.15, 0.2) is 0 Å². The Morgan fingerprint density at radius 1 is 1.47 bits per heavy atom. The predicted molar refractivity (Wildman–Crippen MR) is 75.6 cm³/mol. The van der Waals surface area contributed by atoms with E-state index >= 15 is 0 Å². The van der Waals surface area contributed by atoms with E-state index in [0.29, 0.717) is 13.2 Å². The fourth-order valence-electron chi connectivity index (χ4n) is 2.82. The monoisotopic (exact) mass is 292 g/mol. The van der Waals surface area contributed by atoms with Crippen LogP contribution in [-0.4, -0.2) is 52.0 Å². The summed E-state index contributed by atoms with van der Waals surface area (Å²) in [6.07, 6.45) is 4.05. The number of carbonyl (C=O) groups excluding carboxylic acids is 1. The Morgan fingerprint density at radius 2 is 2.21 bits per heavy atom. The number of carbonyl (C=O) groups is 1. The molecule has 2 N–H and O–H groups in total. The summed E-state index contributed by atoms with van der Waals surface area (Å²) in [5, 5.41) is 6.34. The number of rotatable bonds is 5. The van der Waals surface area contributed by atoms with Gasteiger partial charge in [0.2, 0.25) is 5.91 Å². The van der Waals surface area contributed by atoms with Gasteiger partial charge in [-0.1, -0.05) is 0 Å². The fraction of sp³-hybridized carbons (Fsp3) is 0.923. The van der Waals surface area contributed by atoms with Gasteiger partial charge in [-0.25, -0.2) is 0 Å². The van der Waals surface area contributed by atoms with Gasteiger partial charge >= 0.3 is 0 Å². The summed E-state index contributed by atoms with van der Waals surface area (Å²) in [6.45, 7) is 3.74. The molecule has 1 atom stereocenters. The molecule has 1 unspecified atom stereocenters. The number of halogens is 1. The van der Waals surface area contributed by atoms with Gasteiger partial charge < -0.3 is 20.1 Å². The molecule has 2 aliphatic rings. The Hall–Kier alpha value is -0.360. The summed E-state index contributed by atoms with van der Waals surface area (Å²) in [4.78, 5) is 12.4. The van der Waals surface area contributed by atoms with E-state index in [2.05, 4.69) is 10.6 Å². The van der Waals surface area contributed by atoms with Crippen LogP contribution >= 0.6 is 12.4 Å². The molecule has 0 saturated carbocycles. The molecule has 0 bridgehead atoms. The lowest BCUT2D eigenvalue weighted by molar-refractivity contribution is -0.136. The minimum atomic E-state index is -0.349. The lowest BCUT2D eigenvalue weighted by Crippen LogP contribution is -2.51. The van der Waals surface area contributed by atoms with Crippen molar-refractivity contribution in [3.8, 4) is 0 Å². The molecular weight excluding hydrogens is 268 g/mol. The van der Waals surface area contributed by atoms with Gasteiger partial charge in [-0.2, -0.15) is 0 Å². The fourth-order valence-corrected chi connectivity index (χ4v) is 2.82. The summed E-state index contributed by atoms with van der Waals surface area (Å²) < 4.78 is 10.8. The van der Waals surface area contributed by atoms with Gasteiger partial charge in [-0.15, -0.1) is 12.4 Å². The molecular formula is C13H25ClN2O3. The van der Waals surface area contributed by atoms with Crippen molar-refractivity contribution in [3.05, 3.63) is 0 Å². The second-order valence-corrected chi connectivity index (χ2v) is 5.31. The minimum Gasteiger partial charge on any atom is -0.384 e. The first-order valence-corrected chi connectivity index (χ1v) is 6.86. The van der Waals surface area contributed by atoms with Crippen LogP contribution in [0.4, 0.5) is 0 Å². The Labute approximate surface area is 121 Å². The summed E-state index contributed by atoms with van der Waals surface area (Å²) in [6, 6.07) is 0. The van der Waals surface area contributed by atoms with Crippen LogP contribution in [0.25, 0.3) is 0 Å². The first kappa shape index (κ1) is 16.7. The van der Waals surface area contributed by atoms with Gasteiger partial charge in [0, 0.05) is 20.3 Å². The van der Waals surface area contributed by atoms with Crippen LogP contribution in [0.1, 0.15) is 25.7 Å². The Bertz CT molecular complexity index is 272. The Kier molecular flexibility index (Phi) is 7.07. The van der Waals surface area contributed by atoms with Gasteiger partial charge in [-0.3, -0.25) is 4.79 Å². The molecule has 2 aliphatic heterocycles. The molecule has 0 aromatic carbocycles. The molecule has 6 heteroatoms. The van der Waals surface area contributed by atoms with Crippen LogP contribution in [0.15, 0.2) is 0 Å². The van der Waals surface area contributed by atoms with E-state index in [9.17, 15) is 4.79 Å². The molecule has 2 saturated heterocycles. The average molecular weight is 293 g/mol. The molecule has 2 fully saturated rings. The molecule has 0 radical (unpaired) electrons. The smallest absolute Gasteiger partial charge is 0.228 e. The number of hydrogen-bond acceptors (Lipinski definition) is 4. The van der Waals surface area contributed by atoms with E-state index in [-0.39, 0.29) is 29.8 Å². The van der Waals surface area contributed by atoms with E-state index in [1.165, 1.54) is 0 Å². The Morgan fingerprint density at radius 3 is 2.79 bits per heavy atom.